The fourth-order valence-electron chi connectivity index (χ4n) is 15.6. The van der Waals surface area contributed by atoms with Gasteiger partial charge in [0.1, 0.15) is 0 Å². The molecule has 1 aromatic heterocycles. The van der Waals surface area contributed by atoms with Gasteiger partial charge < -0.3 is 9.47 Å². The molecule has 0 aliphatic carbocycles. The van der Waals surface area contributed by atoms with Gasteiger partial charge >= 0.3 is 0 Å². The van der Waals surface area contributed by atoms with E-state index >= 15 is 0 Å². The van der Waals surface area contributed by atoms with Crippen LogP contribution in [0.15, 0.2) is 234 Å². The van der Waals surface area contributed by atoms with Crippen LogP contribution in [-0.2, 0) is 29.1 Å². The lowest BCUT2D eigenvalue weighted by Crippen LogP contribution is -2.60. The van der Waals surface area contributed by atoms with Crippen LogP contribution in [0.5, 0.6) is 0 Å². The molecule has 2 nitrogen and oxygen atoms in total. The van der Waals surface area contributed by atoms with Gasteiger partial charge in [-0.25, -0.2) is 0 Å². The molecule has 0 amide bonds. The molecule has 446 valence electrons. The molecule has 0 fully saturated rings. The molecule has 14 aromatic rings. The van der Waals surface area contributed by atoms with Gasteiger partial charge in [-0.15, -0.1) is 0 Å². The lowest BCUT2D eigenvalue weighted by atomic mass is 9.34. The van der Waals surface area contributed by atoms with Crippen molar-refractivity contribution in [1.82, 2.24) is 4.57 Å². The number of anilines is 2. The molecule has 13 aromatic carbocycles. The zero-order valence-electron chi connectivity index (χ0n) is 54.9. The minimum atomic E-state index is -0.0597. The Hall–Kier alpha value is -8.83. The van der Waals surface area contributed by atoms with Crippen molar-refractivity contribution in [2.24, 2.45) is 5.41 Å². The van der Waals surface area contributed by atoms with Gasteiger partial charge in [-0.2, -0.15) is 0 Å². The van der Waals surface area contributed by atoms with Crippen LogP contribution < -0.4 is 21.3 Å². The van der Waals surface area contributed by atoms with Gasteiger partial charge in [0.25, 0.3) is 0 Å². The summed E-state index contributed by atoms with van der Waals surface area (Å²) < 4.78 is 2.57. The van der Waals surface area contributed by atoms with Crippen LogP contribution in [-0.4, -0.2) is 17.8 Å². The topological polar surface area (TPSA) is 8.17 Å². The Morgan fingerprint density at radius 1 is 0.385 bits per heavy atom. The van der Waals surface area contributed by atoms with Crippen molar-refractivity contribution < 1.29 is 0 Å². The highest BCUT2D eigenvalue weighted by atomic mass is 32.2. The van der Waals surface area contributed by atoms with E-state index < -0.39 is 0 Å². The number of hydrogen-bond acceptors (Lipinski definition) is 2. The van der Waals surface area contributed by atoms with E-state index in [0.717, 1.165) is 19.4 Å². The average Bonchev–Trinajstić information content (AvgIpc) is 0.756. The fraction of sp³-hybridized carbons (Fsp3) is 0.218. The third-order valence-electron chi connectivity index (χ3n) is 20.1. The van der Waals surface area contributed by atoms with Crippen LogP contribution in [0.2, 0.25) is 0 Å². The first kappa shape index (κ1) is 57.3. The molecule has 0 atom stereocenters. The van der Waals surface area contributed by atoms with Gasteiger partial charge in [-0.3, -0.25) is 0 Å². The second kappa shape index (κ2) is 20.9. The van der Waals surface area contributed by atoms with E-state index in [9.17, 15) is 0 Å². The highest BCUT2D eigenvalue weighted by molar-refractivity contribution is 8.00. The van der Waals surface area contributed by atoms with E-state index in [0.29, 0.717) is 0 Å². The number of aromatic nitrogens is 1. The molecule has 91 heavy (non-hydrogen) atoms. The summed E-state index contributed by atoms with van der Waals surface area (Å²) in [7, 11) is 0. The zero-order valence-corrected chi connectivity index (χ0v) is 55.7. The van der Waals surface area contributed by atoms with Crippen molar-refractivity contribution in [3.63, 3.8) is 0 Å². The van der Waals surface area contributed by atoms with Crippen molar-refractivity contribution in [3.8, 4) is 39.1 Å². The Balaban J connectivity index is 0.938. The van der Waals surface area contributed by atoms with Crippen LogP contribution in [0.4, 0.5) is 11.4 Å². The van der Waals surface area contributed by atoms with Crippen LogP contribution >= 0.6 is 11.8 Å². The van der Waals surface area contributed by atoms with Gasteiger partial charge in [0.15, 0.2) is 0 Å². The van der Waals surface area contributed by atoms with Crippen molar-refractivity contribution in [2.45, 2.75) is 122 Å². The van der Waals surface area contributed by atoms with E-state index in [-0.39, 0.29) is 28.4 Å². The van der Waals surface area contributed by atoms with Gasteiger partial charge in [-0.05, 0) is 204 Å². The van der Waals surface area contributed by atoms with E-state index in [1.165, 1.54) is 169 Å². The van der Waals surface area contributed by atoms with E-state index in [1.54, 1.807) is 0 Å². The van der Waals surface area contributed by atoms with Crippen molar-refractivity contribution in [3.05, 3.63) is 252 Å². The molecular weight excluding hydrogens is 1120 g/mol. The summed E-state index contributed by atoms with van der Waals surface area (Å²) in [5.74, 6) is 0. The average molecular weight is 1200 g/mol. The predicted octanol–water partition coefficient (Wildman–Crippen LogP) is 22.0. The van der Waals surface area contributed by atoms with Crippen molar-refractivity contribution in [2.75, 3.05) is 11.4 Å². The largest absolute Gasteiger partial charge is 0.342 e. The van der Waals surface area contributed by atoms with E-state index in [4.69, 9.17) is 0 Å². The molecule has 0 radical (unpaired) electrons. The summed E-state index contributed by atoms with van der Waals surface area (Å²) >= 11 is 1.99. The number of nitrogens with zero attached hydrogens (tertiary/aromatic N) is 2. The van der Waals surface area contributed by atoms with Crippen LogP contribution in [0, 0.1) is 5.41 Å². The maximum Gasteiger partial charge on any atom is 0.249 e. The first-order valence-electron chi connectivity index (χ1n) is 33.0. The molecule has 4 heteroatoms. The summed E-state index contributed by atoms with van der Waals surface area (Å²) in [6.45, 7) is 29.1. The molecule has 0 bridgehead atoms. The van der Waals surface area contributed by atoms with Crippen molar-refractivity contribution in [1.29, 1.82) is 0 Å². The quantitative estimate of drug-likeness (QED) is 0.0851. The van der Waals surface area contributed by atoms with Gasteiger partial charge in [0.05, 0.1) is 11.0 Å². The molecule has 0 saturated heterocycles. The minimum Gasteiger partial charge on any atom is -0.342 e. The second-order valence-electron chi connectivity index (χ2n) is 30.6. The van der Waals surface area contributed by atoms with Gasteiger partial charge in [0.2, 0.25) is 6.71 Å². The standard InChI is InChI=1S/C87H79BN2S/c1-84(2,3)52-53-44-77-83-79(45-53)91-78-46-58(63-37-32-57-28-20-30-66-65-29-19-26-56-27-21-31-67(80(56)65)82(63)81(57)66)33-38-73(78)88(83)72-39-36-62(90-74-40-34-59(85(4,5)6)47-70(74)71-48-60(86(7,8)9)35-41-75(71)90)51-76(72)89(77)43-42-64-68(54-22-15-13-16-23-54)49-61(87(10,11)12)50-69(64)55-24-17-14-18-25-55/h13-41,44-51H,42-43,52H2,1-12H3. The molecule has 0 N–H and O–H groups in total. The Kier molecular flexibility index (Phi) is 13.1. The number of rotatable bonds is 8. The third kappa shape index (κ3) is 9.60. The summed E-state index contributed by atoms with van der Waals surface area (Å²) in [5.41, 5.74) is 24.9. The minimum absolute atomic E-state index is 0.00582. The normalized spacial score (nSPS) is 13.5. The Labute approximate surface area is 542 Å². The van der Waals surface area contributed by atoms with Crippen LogP contribution in [0.1, 0.15) is 111 Å². The third-order valence-corrected chi connectivity index (χ3v) is 21.2. The molecule has 3 heterocycles. The SMILES string of the molecule is CC(C)(C)Cc1cc2c3c(c1)N(CCc1c(-c4ccccc4)cc(C(C)(C)C)cc1-c1ccccc1)c1cc(-n4c5ccc(C(C)(C)C)cc5c5cc(C(C)(C)C)ccc54)ccc1B3c1ccc(-c3ccc4cccc5c6cccc7cccc(c3c45)c76)cc1S2. The molecule has 0 spiro atoms. The molecule has 0 unspecified atom stereocenters. The second-order valence-corrected chi connectivity index (χ2v) is 31.7. The maximum atomic E-state index is 2.76. The Morgan fingerprint density at radius 2 is 0.956 bits per heavy atom. The van der Waals surface area contributed by atoms with E-state index in [1.807, 2.05) is 11.8 Å². The highest BCUT2D eigenvalue weighted by Crippen LogP contribution is 2.48. The predicted molar refractivity (Wildman–Crippen MR) is 396 cm³/mol. The zero-order chi connectivity index (χ0) is 62.6. The number of benzene rings is 13. The summed E-state index contributed by atoms with van der Waals surface area (Å²) in [6.07, 6.45) is 1.79. The first-order valence-corrected chi connectivity index (χ1v) is 33.8. The summed E-state index contributed by atoms with van der Waals surface area (Å²) in [6, 6.07) is 87.4. The maximum absolute atomic E-state index is 2.76. The van der Waals surface area contributed by atoms with Gasteiger partial charge in [-0.1, -0.05) is 270 Å². The lowest BCUT2D eigenvalue weighted by Gasteiger charge is -2.41. The summed E-state index contributed by atoms with van der Waals surface area (Å²) in [4.78, 5) is 5.46. The smallest absolute Gasteiger partial charge is 0.249 e. The van der Waals surface area contributed by atoms with E-state index in [2.05, 4.69) is 317 Å². The van der Waals surface area contributed by atoms with Crippen molar-refractivity contribution >= 4 is 111 Å². The number of hydrogen-bond donors (Lipinski definition) is 0. The fourth-order valence-corrected chi connectivity index (χ4v) is 16.9. The monoisotopic (exact) mass is 1190 g/mol. The summed E-state index contributed by atoms with van der Waals surface area (Å²) in [5, 5.41) is 13.2. The van der Waals surface area contributed by atoms with Crippen LogP contribution in [0.25, 0.3) is 104 Å². The molecule has 0 saturated carbocycles. The lowest BCUT2D eigenvalue weighted by molar-refractivity contribution is 0.411. The van der Waals surface area contributed by atoms with Gasteiger partial charge in [0, 0.05) is 44.2 Å². The molecular formula is C87H79BN2S. The first-order chi connectivity index (χ1) is 43.6. The number of fused-ring (bicyclic) bond motifs is 9. The van der Waals surface area contributed by atoms with Crippen LogP contribution in [0.3, 0.4) is 0 Å². The Morgan fingerprint density at radius 3 is 1.55 bits per heavy atom. The Bertz CT molecular complexity index is 5130. The molecule has 2 aliphatic rings. The molecule has 16 rings (SSSR count). The molecule has 2 aliphatic heterocycles. The highest BCUT2D eigenvalue weighted by Gasteiger charge is 2.42.